The molecule has 1 N–H and O–H groups in total. The first-order valence-corrected chi connectivity index (χ1v) is 11.0. The summed E-state index contributed by atoms with van der Waals surface area (Å²) in [5, 5.41) is 3.05. The number of imidazole rings is 1. The third-order valence-corrected chi connectivity index (χ3v) is 7.03. The van der Waals surface area contributed by atoms with E-state index in [1.807, 2.05) is 0 Å². The van der Waals surface area contributed by atoms with Gasteiger partial charge in [0.1, 0.15) is 5.82 Å². The van der Waals surface area contributed by atoms with E-state index >= 15 is 0 Å². The van der Waals surface area contributed by atoms with Crippen LogP contribution < -0.4 is 5.32 Å². The number of hydrogen-bond donors (Lipinski definition) is 1. The molecule has 2 aliphatic rings. The Labute approximate surface area is 178 Å². The van der Waals surface area contributed by atoms with E-state index in [9.17, 15) is 4.79 Å². The zero-order valence-electron chi connectivity index (χ0n) is 17.8. The van der Waals surface area contributed by atoms with Gasteiger partial charge in [-0.25, -0.2) is 4.98 Å². The minimum Gasteiger partial charge on any atom is -0.356 e. The van der Waals surface area contributed by atoms with E-state index < -0.39 is 0 Å². The van der Waals surface area contributed by atoms with Crippen molar-refractivity contribution in [3.8, 4) is 0 Å². The summed E-state index contributed by atoms with van der Waals surface area (Å²) >= 11 is 0. The highest BCUT2D eigenvalue weighted by atomic mass is 16.1. The molecule has 2 heterocycles. The molecule has 1 saturated heterocycles. The molecule has 1 saturated carbocycles. The first kappa shape index (κ1) is 19.3. The van der Waals surface area contributed by atoms with Crippen LogP contribution >= 0.6 is 0 Å². The van der Waals surface area contributed by atoms with Crippen LogP contribution in [-0.4, -0.2) is 40.0 Å². The van der Waals surface area contributed by atoms with Crippen LogP contribution in [0.4, 0.5) is 0 Å². The quantitative estimate of drug-likeness (QED) is 0.707. The lowest BCUT2D eigenvalue weighted by molar-refractivity contribution is -0.124. The molecule has 1 unspecified atom stereocenters. The molecule has 3 aromatic rings. The highest BCUT2D eigenvalue weighted by molar-refractivity contribution is 5.77. The van der Waals surface area contributed by atoms with E-state index in [0.717, 1.165) is 37.4 Å². The van der Waals surface area contributed by atoms with E-state index in [2.05, 4.69) is 77.3 Å². The molecule has 1 aromatic heterocycles. The van der Waals surface area contributed by atoms with E-state index in [1.54, 1.807) is 0 Å². The van der Waals surface area contributed by atoms with Gasteiger partial charge in [-0.3, -0.25) is 9.69 Å². The van der Waals surface area contributed by atoms with Crippen LogP contribution in [0.2, 0.25) is 0 Å². The standard InChI is InChI=1S/C25H30N4O/c1-17-7-9-18(10-8-17)15-29-23-6-4-3-5-22(23)27-24(29)16-28(2)21-11-19-13-25(30)26-14-20(19)12-21/h3-10,19-21H,11-16H2,1-2H3,(H,26,30)/t19-,20-,21?/m1/s1. The molecule has 1 aliphatic heterocycles. The van der Waals surface area contributed by atoms with Crippen molar-refractivity contribution in [2.75, 3.05) is 13.6 Å². The summed E-state index contributed by atoms with van der Waals surface area (Å²) < 4.78 is 2.36. The Morgan fingerprint density at radius 1 is 1.10 bits per heavy atom. The molecule has 1 aliphatic carbocycles. The number of hydrogen-bond acceptors (Lipinski definition) is 3. The van der Waals surface area contributed by atoms with Crippen molar-refractivity contribution in [3.63, 3.8) is 0 Å². The van der Waals surface area contributed by atoms with E-state index in [-0.39, 0.29) is 5.91 Å². The van der Waals surface area contributed by atoms with Gasteiger partial charge in [0.05, 0.1) is 17.6 Å². The van der Waals surface area contributed by atoms with Crippen molar-refractivity contribution in [2.24, 2.45) is 11.8 Å². The number of benzene rings is 2. The van der Waals surface area contributed by atoms with E-state index in [4.69, 9.17) is 4.98 Å². The maximum absolute atomic E-state index is 11.8. The number of rotatable bonds is 5. The molecule has 5 nitrogen and oxygen atoms in total. The predicted octanol–water partition coefficient (Wildman–Crippen LogP) is 3.74. The number of carbonyl (C=O) groups excluding carboxylic acids is 1. The monoisotopic (exact) mass is 402 g/mol. The summed E-state index contributed by atoms with van der Waals surface area (Å²) in [5.41, 5.74) is 4.83. The van der Waals surface area contributed by atoms with Gasteiger partial charge in [-0.15, -0.1) is 0 Å². The van der Waals surface area contributed by atoms with Gasteiger partial charge in [0.15, 0.2) is 0 Å². The molecule has 3 atom stereocenters. The fourth-order valence-electron chi connectivity index (χ4n) is 5.25. The Bertz CT molecular complexity index is 1050. The minimum absolute atomic E-state index is 0.222. The Morgan fingerprint density at radius 2 is 1.87 bits per heavy atom. The average molecular weight is 403 g/mol. The zero-order chi connectivity index (χ0) is 20.7. The normalized spacial score (nSPS) is 23.7. The number of nitrogens with zero attached hydrogens (tertiary/aromatic N) is 3. The number of aryl methyl sites for hydroxylation is 1. The molecular formula is C25H30N4O. The summed E-state index contributed by atoms with van der Waals surface area (Å²) in [6.45, 7) is 4.63. The highest BCUT2D eigenvalue weighted by Gasteiger charge is 2.39. The van der Waals surface area contributed by atoms with Crippen molar-refractivity contribution in [3.05, 3.63) is 65.5 Å². The maximum atomic E-state index is 11.8. The fourth-order valence-corrected chi connectivity index (χ4v) is 5.25. The van der Waals surface area contributed by atoms with Gasteiger partial charge >= 0.3 is 0 Å². The Kier molecular flexibility index (Phi) is 5.07. The topological polar surface area (TPSA) is 50.2 Å². The summed E-state index contributed by atoms with van der Waals surface area (Å²) in [5.74, 6) is 2.50. The number of carbonyl (C=O) groups is 1. The molecule has 30 heavy (non-hydrogen) atoms. The van der Waals surface area contributed by atoms with Crippen LogP contribution in [0.25, 0.3) is 11.0 Å². The second-order valence-electron chi connectivity index (χ2n) is 9.16. The first-order valence-electron chi connectivity index (χ1n) is 11.0. The summed E-state index contributed by atoms with van der Waals surface area (Å²) in [7, 11) is 2.22. The SMILES string of the molecule is Cc1ccc(Cn2c(CN(C)C3C[C@@H]4CNC(=O)C[C@H]4C3)nc3ccccc32)cc1. The summed E-state index contributed by atoms with van der Waals surface area (Å²) in [6, 6.07) is 17.7. The predicted molar refractivity (Wildman–Crippen MR) is 119 cm³/mol. The Morgan fingerprint density at radius 3 is 2.70 bits per heavy atom. The molecule has 0 spiro atoms. The van der Waals surface area contributed by atoms with Gasteiger partial charge in [0, 0.05) is 25.6 Å². The van der Waals surface area contributed by atoms with Gasteiger partial charge in [-0.1, -0.05) is 42.0 Å². The molecule has 5 heteroatoms. The number of nitrogens with one attached hydrogen (secondary N) is 1. The molecule has 1 amide bonds. The minimum atomic E-state index is 0.222. The Hall–Kier alpha value is -2.66. The summed E-state index contributed by atoms with van der Waals surface area (Å²) in [6.07, 6.45) is 2.98. The van der Waals surface area contributed by atoms with Crippen LogP contribution in [0.3, 0.4) is 0 Å². The van der Waals surface area contributed by atoms with Gasteiger partial charge in [0.2, 0.25) is 5.91 Å². The fraction of sp³-hybridized carbons (Fsp3) is 0.440. The van der Waals surface area contributed by atoms with Crippen molar-refractivity contribution in [1.29, 1.82) is 0 Å². The van der Waals surface area contributed by atoms with Crippen LogP contribution in [0.1, 0.15) is 36.2 Å². The molecule has 5 rings (SSSR count). The van der Waals surface area contributed by atoms with Crippen molar-refractivity contribution < 1.29 is 4.79 Å². The van der Waals surface area contributed by atoms with Gasteiger partial charge in [-0.05, 0) is 56.3 Å². The largest absolute Gasteiger partial charge is 0.356 e. The van der Waals surface area contributed by atoms with Crippen LogP contribution in [0.15, 0.2) is 48.5 Å². The highest BCUT2D eigenvalue weighted by Crippen LogP contribution is 2.38. The zero-order valence-corrected chi connectivity index (χ0v) is 17.8. The second kappa shape index (κ2) is 7.88. The number of piperidine rings is 1. The smallest absolute Gasteiger partial charge is 0.220 e. The molecule has 0 bridgehead atoms. The Balaban J connectivity index is 1.38. The third kappa shape index (κ3) is 3.74. The van der Waals surface area contributed by atoms with Crippen LogP contribution in [-0.2, 0) is 17.9 Å². The number of para-hydroxylation sites is 2. The van der Waals surface area contributed by atoms with Crippen LogP contribution in [0.5, 0.6) is 0 Å². The number of aromatic nitrogens is 2. The summed E-state index contributed by atoms with van der Waals surface area (Å²) in [4.78, 5) is 19.2. The first-order chi connectivity index (χ1) is 14.6. The van der Waals surface area contributed by atoms with Gasteiger partial charge in [-0.2, -0.15) is 0 Å². The average Bonchev–Trinajstić information content (AvgIpc) is 3.31. The lowest BCUT2D eigenvalue weighted by Crippen LogP contribution is -2.38. The van der Waals surface area contributed by atoms with Crippen molar-refractivity contribution >= 4 is 16.9 Å². The van der Waals surface area contributed by atoms with E-state index in [0.29, 0.717) is 24.3 Å². The maximum Gasteiger partial charge on any atom is 0.220 e. The second-order valence-corrected chi connectivity index (χ2v) is 9.16. The number of fused-ring (bicyclic) bond motifs is 2. The molecule has 156 valence electrons. The number of amides is 1. The van der Waals surface area contributed by atoms with Gasteiger partial charge < -0.3 is 9.88 Å². The molecular weight excluding hydrogens is 372 g/mol. The van der Waals surface area contributed by atoms with Crippen LogP contribution in [0, 0.1) is 18.8 Å². The molecule has 2 aromatic carbocycles. The lowest BCUT2D eigenvalue weighted by atomic mass is 9.89. The molecule has 0 radical (unpaired) electrons. The third-order valence-electron chi connectivity index (χ3n) is 7.03. The van der Waals surface area contributed by atoms with Crippen molar-refractivity contribution in [2.45, 2.75) is 45.3 Å². The van der Waals surface area contributed by atoms with Gasteiger partial charge in [0.25, 0.3) is 0 Å². The molecule has 2 fully saturated rings. The van der Waals surface area contributed by atoms with E-state index in [1.165, 1.54) is 23.1 Å². The van der Waals surface area contributed by atoms with Crippen molar-refractivity contribution in [1.82, 2.24) is 19.8 Å². The lowest BCUT2D eigenvalue weighted by Gasteiger charge is -2.24.